The van der Waals surface area contributed by atoms with E-state index in [0.717, 1.165) is 16.7 Å². The molecule has 4 nitrogen and oxygen atoms in total. The van der Waals surface area contributed by atoms with E-state index >= 15 is 0 Å². The fourth-order valence-corrected chi connectivity index (χ4v) is 1.47. The number of rotatable bonds is 0. The number of fused-ring (bicyclic) bond motifs is 1. The number of hydrogen-bond acceptors (Lipinski definition) is 3. The minimum absolute atomic E-state index is 0.0230. The van der Waals surface area contributed by atoms with Gasteiger partial charge in [-0.15, -0.1) is 0 Å². The highest BCUT2D eigenvalue weighted by atomic mass is 19.4. The van der Waals surface area contributed by atoms with Crippen molar-refractivity contribution in [1.82, 2.24) is 9.55 Å². The van der Waals surface area contributed by atoms with Gasteiger partial charge >= 0.3 is 6.18 Å². The molecule has 0 spiro atoms. The van der Waals surface area contributed by atoms with Gasteiger partial charge in [-0.05, 0) is 0 Å². The Balaban J connectivity index is 2.79. The first kappa shape index (κ1) is 10.6. The van der Waals surface area contributed by atoms with Crippen molar-refractivity contribution in [3.8, 4) is 11.5 Å². The molecule has 2 N–H and O–H groups in total. The molecular formula is C9H7F3N2O2. The van der Waals surface area contributed by atoms with Crippen LogP contribution in [0.5, 0.6) is 11.5 Å². The number of aromatic nitrogens is 2. The van der Waals surface area contributed by atoms with E-state index in [1.807, 2.05) is 0 Å². The van der Waals surface area contributed by atoms with E-state index in [0.29, 0.717) is 0 Å². The maximum Gasteiger partial charge on any atom is 0.449 e. The van der Waals surface area contributed by atoms with Gasteiger partial charge in [0, 0.05) is 19.2 Å². The Kier molecular flexibility index (Phi) is 2.01. The summed E-state index contributed by atoms with van der Waals surface area (Å²) >= 11 is 0. The van der Waals surface area contributed by atoms with Crippen molar-refractivity contribution in [2.24, 2.45) is 7.05 Å². The van der Waals surface area contributed by atoms with Gasteiger partial charge in [-0.3, -0.25) is 0 Å². The first-order valence-corrected chi connectivity index (χ1v) is 4.26. The van der Waals surface area contributed by atoms with Gasteiger partial charge in [0.05, 0.1) is 11.0 Å². The largest absolute Gasteiger partial charge is 0.504 e. The molecule has 0 bridgehead atoms. The number of imidazole rings is 1. The van der Waals surface area contributed by atoms with E-state index in [1.165, 1.54) is 7.05 Å². The van der Waals surface area contributed by atoms with Gasteiger partial charge < -0.3 is 14.8 Å². The molecule has 0 saturated carbocycles. The molecule has 0 aliphatic rings. The molecule has 1 aromatic carbocycles. The van der Waals surface area contributed by atoms with Crippen molar-refractivity contribution >= 4 is 11.0 Å². The summed E-state index contributed by atoms with van der Waals surface area (Å²) < 4.78 is 38.3. The number of aryl methyl sites for hydroxylation is 1. The number of benzene rings is 1. The Morgan fingerprint density at radius 2 is 1.75 bits per heavy atom. The van der Waals surface area contributed by atoms with E-state index in [1.54, 1.807) is 0 Å². The maximum atomic E-state index is 12.5. The average Bonchev–Trinajstić information content (AvgIpc) is 2.45. The molecule has 0 fully saturated rings. The van der Waals surface area contributed by atoms with Gasteiger partial charge in [0.25, 0.3) is 0 Å². The van der Waals surface area contributed by atoms with Crippen LogP contribution in [0.2, 0.25) is 0 Å². The molecule has 0 amide bonds. The number of halogens is 3. The van der Waals surface area contributed by atoms with Crippen LogP contribution >= 0.6 is 0 Å². The summed E-state index contributed by atoms with van der Waals surface area (Å²) in [5.41, 5.74) is 0.0766. The Labute approximate surface area is 87.6 Å². The number of phenols is 2. The van der Waals surface area contributed by atoms with Crippen LogP contribution in [-0.2, 0) is 13.2 Å². The lowest BCUT2D eigenvalue weighted by molar-refractivity contribution is -0.146. The molecule has 0 unspecified atom stereocenters. The maximum absolute atomic E-state index is 12.5. The molecule has 86 valence electrons. The zero-order valence-electron chi connectivity index (χ0n) is 8.08. The van der Waals surface area contributed by atoms with Gasteiger partial charge in [-0.2, -0.15) is 13.2 Å². The van der Waals surface area contributed by atoms with E-state index < -0.39 is 23.5 Å². The molecule has 0 aliphatic carbocycles. The van der Waals surface area contributed by atoms with E-state index in [-0.39, 0.29) is 11.0 Å². The highest BCUT2D eigenvalue weighted by molar-refractivity contribution is 5.80. The van der Waals surface area contributed by atoms with E-state index in [9.17, 15) is 18.3 Å². The number of hydrogen-bond donors (Lipinski definition) is 2. The quantitative estimate of drug-likeness (QED) is 0.683. The second-order valence-corrected chi connectivity index (χ2v) is 3.32. The van der Waals surface area contributed by atoms with Crippen molar-refractivity contribution in [1.29, 1.82) is 0 Å². The summed E-state index contributed by atoms with van der Waals surface area (Å²) in [7, 11) is 1.19. The normalized spacial score (nSPS) is 12.2. The Hall–Kier alpha value is -1.92. The van der Waals surface area contributed by atoms with Gasteiger partial charge in [0.2, 0.25) is 5.82 Å². The van der Waals surface area contributed by atoms with Crippen LogP contribution in [0.1, 0.15) is 5.82 Å². The van der Waals surface area contributed by atoms with Crippen molar-refractivity contribution in [3.63, 3.8) is 0 Å². The summed E-state index contributed by atoms with van der Waals surface area (Å²) in [5.74, 6) is -2.06. The molecule has 0 atom stereocenters. The van der Waals surface area contributed by atoms with Crippen LogP contribution in [0.25, 0.3) is 11.0 Å². The summed E-state index contributed by atoms with van der Waals surface area (Å²) in [5, 5.41) is 18.3. The van der Waals surface area contributed by atoms with Crippen LogP contribution in [0, 0.1) is 0 Å². The fraction of sp³-hybridized carbons (Fsp3) is 0.222. The lowest BCUT2D eigenvalue weighted by Gasteiger charge is -2.05. The molecule has 1 aromatic heterocycles. The molecule has 0 radical (unpaired) electrons. The summed E-state index contributed by atoms with van der Waals surface area (Å²) in [6.45, 7) is 0. The van der Waals surface area contributed by atoms with Crippen LogP contribution in [0.15, 0.2) is 12.1 Å². The molecule has 0 saturated heterocycles. The van der Waals surface area contributed by atoms with Gasteiger partial charge in [-0.1, -0.05) is 0 Å². The SMILES string of the molecule is Cn1c(C(F)(F)F)nc2cc(O)c(O)cc21. The summed E-state index contributed by atoms with van der Waals surface area (Å²) in [4.78, 5) is 3.35. The molecule has 0 aliphatic heterocycles. The number of alkyl halides is 3. The molecule has 1 heterocycles. The first-order chi connectivity index (χ1) is 7.30. The second kappa shape index (κ2) is 3.03. The van der Waals surface area contributed by atoms with E-state index in [4.69, 9.17) is 5.11 Å². The average molecular weight is 232 g/mol. The summed E-state index contributed by atoms with van der Waals surface area (Å²) in [6, 6.07) is 2.02. The third kappa shape index (κ3) is 1.44. The van der Waals surface area contributed by atoms with Gasteiger partial charge in [0.1, 0.15) is 0 Å². The second-order valence-electron chi connectivity index (χ2n) is 3.32. The Morgan fingerprint density at radius 1 is 1.19 bits per heavy atom. The third-order valence-electron chi connectivity index (χ3n) is 2.23. The smallest absolute Gasteiger partial charge is 0.449 e. The topological polar surface area (TPSA) is 58.3 Å². The minimum Gasteiger partial charge on any atom is -0.504 e. The fourth-order valence-electron chi connectivity index (χ4n) is 1.47. The van der Waals surface area contributed by atoms with Crippen molar-refractivity contribution in [2.45, 2.75) is 6.18 Å². The standard InChI is InChI=1S/C9H7F3N2O2/c1-14-5-3-7(16)6(15)2-4(5)13-8(14)9(10,11)12/h2-3,15-16H,1H3. The predicted octanol–water partition coefficient (Wildman–Crippen LogP) is 2.00. The lowest BCUT2D eigenvalue weighted by atomic mass is 10.3. The monoisotopic (exact) mass is 232 g/mol. The van der Waals surface area contributed by atoms with Crippen LogP contribution in [0.3, 0.4) is 0 Å². The van der Waals surface area contributed by atoms with Crippen molar-refractivity contribution in [2.75, 3.05) is 0 Å². The zero-order chi connectivity index (χ0) is 12.1. The third-order valence-corrected chi connectivity index (χ3v) is 2.23. The highest BCUT2D eigenvalue weighted by Crippen LogP contribution is 2.34. The zero-order valence-corrected chi connectivity index (χ0v) is 8.08. The Bertz CT molecular complexity index is 560. The van der Waals surface area contributed by atoms with Crippen LogP contribution in [0.4, 0.5) is 13.2 Å². The van der Waals surface area contributed by atoms with E-state index in [2.05, 4.69) is 4.98 Å². The molecule has 2 aromatic rings. The first-order valence-electron chi connectivity index (χ1n) is 4.26. The highest BCUT2D eigenvalue weighted by Gasteiger charge is 2.36. The van der Waals surface area contributed by atoms with Gasteiger partial charge in [0.15, 0.2) is 11.5 Å². The van der Waals surface area contributed by atoms with Crippen molar-refractivity contribution in [3.05, 3.63) is 18.0 Å². The van der Waals surface area contributed by atoms with Crippen molar-refractivity contribution < 1.29 is 23.4 Å². The number of nitrogens with zero attached hydrogens (tertiary/aromatic N) is 2. The number of aromatic hydroxyl groups is 2. The minimum atomic E-state index is -4.57. The number of phenolic OH excluding ortho intramolecular Hbond substituents is 2. The Morgan fingerprint density at radius 3 is 2.31 bits per heavy atom. The molecular weight excluding hydrogens is 225 g/mol. The predicted molar refractivity (Wildman–Crippen MR) is 49.0 cm³/mol. The molecule has 7 heteroatoms. The summed E-state index contributed by atoms with van der Waals surface area (Å²) in [6.07, 6.45) is -4.57. The van der Waals surface area contributed by atoms with Crippen LogP contribution < -0.4 is 0 Å². The van der Waals surface area contributed by atoms with Crippen LogP contribution in [-0.4, -0.2) is 19.8 Å². The lowest BCUT2D eigenvalue weighted by Crippen LogP contribution is -2.12. The van der Waals surface area contributed by atoms with Gasteiger partial charge in [-0.25, -0.2) is 4.98 Å². The molecule has 2 rings (SSSR count). The molecule has 16 heavy (non-hydrogen) atoms.